The van der Waals surface area contributed by atoms with Crippen molar-refractivity contribution in [1.29, 1.82) is 0 Å². The van der Waals surface area contributed by atoms with E-state index in [-0.39, 0.29) is 0 Å². The molecule has 1 aromatic carbocycles. The highest BCUT2D eigenvalue weighted by Gasteiger charge is 2.22. The molecule has 19 heavy (non-hydrogen) atoms. The molecule has 1 aliphatic rings. The fourth-order valence-electron chi connectivity index (χ4n) is 3.04. The molecular formula is C16H26N2O. The summed E-state index contributed by atoms with van der Waals surface area (Å²) in [7, 11) is 1.72. The lowest BCUT2D eigenvalue weighted by atomic mass is 9.97. The van der Waals surface area contributed by atoms with Crippen LogP contribution in [0.1, 0.15) is 44.6 Å². The van der Waals surface area contributed by atoms with Crippen LogP contribution in [0.5, 0.6) is 5.75 Å². The zero-order valence-electron chi connectivity index (χ0n) is 12.2. The Kier molecular flexibility index (Phi) is 5.08. The Balaban J connectivity index is 2.10. The van der Waals surface area contributed by atoms with E-state index in [4.69, 9.17) is 10.5 Å². The minimum Gasteiger partial charge on any atom is -0.496 e. The first kappa shape index (κ1) is 14.2. The second kappa shape index (κ2) is 6.80. The van der Waals surface area contributed by atoms with Crippen LogP contribution >= 0.6 is 0 Å². The van der Waals surface area contributed by atoms with Crippen molar-refractivity contribution in [1.82, 2.24) is 4.90 Å². The van der Waals surface area contributed by atoms with Gasteiger partial charge in [-0.2, -0.15) is 0 Å². The van der Waals surface area contributed by atoms with Crippen LogP contribution in [0, 0.1) is 0 Å². The number of anilines is 1. The molecule has 2 N–H and O–H groups in total. The molecule has 0 bridgehead atoms. The van der Waals surface area contributed by atoms with E-state index in [1.807, 2.05) is 12.1 Å². The second-order valence-electron chi connectivity index (χ2n) is 5.48. The van der Waals surface area contributed by atoms with Gasteiger partial charge in [0.2, 0.25) is 0 Å². The number of methoxy groups -OCH3 is 1. The van der Waals surface area contributed by atoms with E-state index in [1.165, 1.54) is 44.2 Å². The summed E-state index contributed by atoms with van der Waals surface area (Å²) in [6.45, 7) is 4.46. The molecule has 0 saturated carbocycles. The Labute approximate surface area is 116 Å². The number of nitrogens with zero attached hydrogens (tertiary/aromatic N) is 1. The Morgan fingerprint density at radius 2 is 2.21 bits per heavy atom. The lowest BCUT2D eigenvalue weighted by Crippen LogP contribution is -2.38. The number of rotatable bonds is 5. The van der Waals surface area contributed by atoms with Crippen LogP contribution in [0.2, 0.25) is 0 Å². The standard InChI is InChI=1S/C16H26N2O/c1-3-6-15-7-4-5-10-18(15)12-13-8-9-14(17)11-16(13)19-2/h8-9,11,15H,3-7,10,12,17H2,1-2H3. The summed E-state index contributed by atoms with van der Waals surface area (Å²) in [5.74, 6) is 0.917. The van der Waals surface area contributed by atoms with Crippen molar-refractivity contribution in [2.45, 2.75) is 51.6 Å². The van der Waals surface area contributed by atoms with Crippen LogP contribution in [0.3, 0.4) is 0 Å². The second-order valence-corrected chi connectivity index (χ2v) is 5.48. The van der Waals surface area contributed by atoms with Crippen LogP contribution in [-0.2, 0) is 6.54 Å². The molecule has 1 fully saturated rings. The van der Waals surface area contributed by atoms with Crippen molar-refractivity contribution in [3.8, 4) is 5.75 Å². The summed E-state index contributed by atoms with van der Waals surface area (Å²) in [6, 6.07) is 6.73. The third kappa shape index (κ3) is 3.63. The highest BCUT2D eigenvalue weighted by atomic mass is 16.5. The molecule has 3 heteroatoms. The molecule has 0 radical (unpaired) electrons. The van der Waals surface area contributed by atoms with Crippen LogP contribution in [0.25, 0.3) is 0 Å². The highest BCUT2D eigenvalue weighted by molar-refractivity contribution is 5.48. The molecule has 106 valence electrons. The number of benzene rings is 1. The van der Waals surface area contributed by atoms with Crippen molar-refractivity contribution >= 4 is 5.69 Å². The Morgan fingerprint density at radius 1 is 1.37 bits per heavy atom. The molecule has 0 aliphatic carbocycles. The van der Waals surface area contributed by atoms with Crippen LogP contribution in [0.15, 0.2) is 18.2 Å². The van der Waals surface area contributed by atoms with Crippen LogP contribution < -0.4 is 10.5 Å². The lowest BCUT2D eigenvalue weighted by Gasteiger charge is -2.36. The largest absolute Gasteiger partial charge is 0.496 e. The van der Waals surface area contributed by atoms with Gasteiger partial charge in [-0.1, -0.05) is 25.8 Å². The van der Waals surface area contributed by atoms with Crippen molar-refractivity contribution in [3.63, 3.8) is 0 Å². The van der Waals surface area contributed by atoms with Gasteiger partial charge in [-0.25, -0.2) is 0 Å². The minimum absolute atomic E-state index is 0.737. The van der Waals surface area contributed by atoms with Gasteiger partial charge in [0, 0.05) is 29.9 Å². The summed E-state index contributed by atoms with van der Waals surface area (Å²) >= 11 is 0. The quantitative estimate of drug-likeness (QED) is 0.826. The molecule has 1 aromatic rings. The van der Waals surface area contributed by atoms with Crippen molar-refractivity contribution < 1.29 is 4.74 Å². The number of hydrogen-bond donors (Lipinski definition) is 1. The lowest BCUT2D eigenvalue weighted by molar-refractivity contribution is 0.130. The normalized spacial score (nSPS) is 20.4. The molecule has 1 aliphatic heterocycles. The van der Waals surface area contributed by atoms with Crippen LogP contribution in [0.4, 0.5) is 5.69 Å². The van der Waals surface area contributed by atoms with E-state index in [2.05, 4.69) is 17.9 Å². The number of piperidine rings is 1. The number of hydrogen-bond acceptors (Lipinski definition) is 3. The smallest absolute Gasteiger partial charge is 0.125 e. The Hall–Kier alpha value is -1.22. The average Bonchev–Trinajstić information content (AvgIpc) is 2.43. The fraction of sp³-hybridized carbons (Fsp3) is 0.625. The van der Waals surface area contributed by atoms with E-state index in [1.54, 1.807) is 7.11 Å². The average molecular weight is 262 g/mol. The first-order valence-corrected chi connectivity index (χ1v) is 7.41. The predicted octanol–water partition coefficient (Wildman–Crippen LogP) is 3.43. The van der Waals surface area contributed by atoms with Gasteiger partial charge in [0.1, 0.15) is 5.75 Å². The van der Waals surface area contributed by atoms with Gasteiger partial charge in [0.25, 0.3) is 0 Å². The van der Waals surface area contributed by atoms with Gasteiger partial charge in [0.15, 0.2) is 0 Å². The Morgan fingerprint density at radius 3 is 2.95 bits per heavy atom. The van der Waals surface area contributed by atoms with Crippen molar-refractivity contribution in [2.75, 3.05) is 19.4 Å². The van der Waals surface area contributed by atoms with Gasteiger partial charge in [-0.05, 0) is 31.9 Å². The number of nitrogen functional groups attached to an aromatic ring is 1. The molecule has 1 saturated heterocycles. The first-order valence-electron chi connectivity index (χ1n) is 7.41. The molecule has 0 aromatic heterocycles. The molecule has 1 unspecified atom stereocenters. The van der Waals surface area contributed by atoms with Crippen molar-refractivity contribution in [2.24, 2.45) is 0 Å². The highest BCUT2D eigenvalue weighted by Crippen LogP contribution is 2.27. The molecule has 3 nitrogen and oxygen atoms in total. The van der Waals surface area contributed by atoms with Gasteiger partial charge >= 0.3 is 0 Å². The molecule has 0 spiro atoms. The topological polar surface area (TPSA) is 38.5 Å². The zero-order chi connectivity index (χ0) is 13.7. The van der Waals surface area contributed by atoms with E-state index in [0.717, 1.165) is 24.0 Å². The molecule has 1 atom stereocenters. The number of likely N-dealkylation sites (tertiary alicyclic amines) is 1. The van der Waals surface area contributed by atoms with Gasteiger partial charge in [-0.3, -0.25) is 4.90 Å². The van der Waals surface area contributed by atoms with Crippen LogP contribution in [-0.4, -0.2) is 24.6 Å². The Bertz CT molecular complexity index is 404. The number of nitrogens with two attached hydrogens (primary N) is 1. The molecular weight excluding hydrogens is 236 g/mol. The summed E-state index contributed by atoms with van der Waals surface area (Å²) in [5, 5.41) is 0. The minimum atomic E-state index is 0.737. The summed E-state index contributed by atoms with van der Waals surface area (Å²) in [6.07, 6.45) is 6.60. The van der Waals surface area contributed by atoms with Gasteiger partial charge < -0.3 is 10.5 Å². The third-order valence-electron chi connectivity index (χ3n) is 4.06. The van der Waals surface area contributed by atoms with E-state index in [9.17, 15) is 0 Å². The maximum atomic E-state index is 5.82. The first-order chi connectivity index (χ1) is 9.24. The molecule has 2 rings (SSSR count). The summed E-state index contributed by atoms with van der Waals surface area (Å²) in [5.41, 5.74) is 7.84. The predicted molar refractivity (Wildman–Crippen MR) is 80.4 cm³/mol. The summed E-state index contributed by atoms with van der Waals surface area (Å²) < 4.78 is 5.46. The third-order valence-corrected chi connectivity index (χ3v) is 4.06. The maximum Gasteiger partial charge on any atom is 0.125 e. The van der Waals surface area contributed by atoms with Gasteiger partial charge in [-0.15, -0.1) is 0 Å². The summed E-state index contributed by atoms with van der Waals surface area (Å²) in [4.78, 5) is 2.61. The zero-order valence-corrected chi connectivity index (χ0v) is 12.2. The molecule has 1 heterocycles. The van der Waals surface area contributed by atoms with E-state index in [0.29, 0.717) is 0 Å². The maximum absolute atomic E-state index is 5.82. The SMILES string of the molecule is CCCC1CCCCN1Cc1ccc(N)cc1OC. The van der Waals surface area contributed by atoms with Crippen molar-refractivity contribution in [3.05, 3.63) is 23.8 Å². The fourth-order valence-corrected chi connectivity index (χ4v) is 3.04. The molecule has 0 amide bonds. The van der Waals surface area contributed by atoms with E-state index >= 15 is 0 Å². The van der Waals surface area contributed by atoms with Gasteiger partial charge in [0.05, 0.1) is 7.11 Å². The monoisotopic (exact) mass is 262 g/mol. The number of ether oxygens (including phenoxy) is 1. The van der Waals surface area contributed by atoms with E-state index < -0.39 is 0 Å².